The number of piperidine rings is 1. The van der Waals surface area contributed by atoms with Crippen LogP contribution in [0.3, 0.4) is 0 Å². The summed E-state index contributed by atoms with van der Waals surface area (Å²) in [5.41, 5.74) is 9.92. The largest absolute Gasteiger partial charge is 0.326 e. The van der Waals surface area contributed by atoms with Crippen LogP contribution in [0.4, 0.5) is 0 Å². The maximum atomic E-state index is 13.1. The molecule has 2 aromatic rings. The zero-order chi connectivity index (χ0) is 21.1. The summed E-state index contributed by atoms with van der Waals surface area (Å²) in [6.07, 6.45) is 1.40. The maximum absolute atomic E-state index is 13.1. The van der Waals surface area contributed by atoms with E-state index in [0.29, 0.717) is 31.6 Å². The average molecular weight is 406 g/mol. The number of benzene rings is 2. The number of carbonyl (C=O) groups is 3. The van der Waals surface area contributed by atoms with Crippen molar-refractivity contribution in [2.45, 2.75) is 44.4 Å². The maximum Gasteiger partial charge on any atom is 0.255 e. The lowest BCUT2D eigenvalue weighted by molar-refractivity contribution is -0.136. The van der Waals surface area contributed by atoms with Gasteiger partial charge in [-0.15, -0.1) is 0 Å². The molecule has 1 unspecified atom stereocenters. The molecule has 1 saturated heterocycles. The number of amides is 3. The summed E-state index contributed by atoms with van der Waals surface area (Å²) in [6, 6.07) is 15.3. The zero-order valence-corrected chi connectivity index (χ0v) is 16.8. The second kappa shape index (κ2) is 8.77. The van der Waals surface area contributed by atoms with Gasteiger partial charge >= 0.3 is 0 Å². The third-order valence-corrected chi connectivity index (χ3v) is 5.70. The van der Waals surface area contributed by atoms with Crippen molar-refractivity contribution < 1.29 is 14.4 Å². The van der Waals surface area contributed by atoms with Gasteiger partial charge in [0.15, 0.2) is 0 Å². The van der Waals surface area contributed by atoms with Crippen molar-refractivity contribution >= 4 is 17.7 Å². The number of nitrogens with zero attached hydrogens (tertiary/aromatic N) is 1. The van der Waals surface area contributed by atoms with E-state index in [0.717, 1.165) is 17.5 Å². The molecule has 156 valence electrons. The fraction of sp³-hybridized carbons (Fsp3) is 0.348. The average Bonchev–Trinajstić information content (AvgIpc) is 3.06. The summed E-state index contributed by atoms with van der Waals surface area (Å²) in [6.45, 7) is 1.55. The number of rotatable bonds is 7. The fourth-order valence-electron chi connectivity index (χ4n) is 4.22. The van der Waals surface area contributed by atoms with Crippen molar-refractivity contribution in [2.75, 3.05) is 6.54 Å². The molecule has 0 aromatic heterocycles. The molecule has 0 aliphatic carbocycles. The van der Waals surface area contributed by atoms with Gasteiger partial charge in [-0.1, -0.05) is 48.5 Å². The van der Waals surface area contributed by atoms with Gasteiger partial charge in [-0.25, -0.2) is 0 Å². The highest BCUT2D eigenvalue weighted by molar-refractivity contribution is 6.05. The molecule has 2 heterocycles. The topological polar surface area (TPSA) is 105 Å². The van der Waals surface area contributed by atoms with E-state index in [-0.39, 0.29) is 30.2 Å². The minimum Gasteiger partial charge on any atom is -0.326 e. The van der Waals surface area contributed by atoms with Crippen LogP contribution in [-0.2, 0) is 29.1 Å². The molecule has 2 aromatic carbocycles. The lowest BCUT2D eigenvalue weighted by Crippen LogP contribution is -2.52. The Morgan fingerprint density at radius 1 is 1.10 bits per heavy atom. The molecular weight excluding hydrogens is 380 g/mol. The quantitative estimate of drug-likeness (QED) is 0.598. The van der Waals surface area contributed by atoms with E-state index in [4.69, 9.17) is 5.73 Å². The Morgan fingerprint density at radius 2 is 1.90 bits per heavy atom. The van der Waals surface area contributed by atoms with Gasteiger partial charge in [0.25, 0.3) is 5.91 Å². The van der Waals surface area contributed by atoms with Crippen molar-refractivity contribution in [3.05, 3.63) is 70.8 Å². The third kappa shape index (κ3) is 4.27. The highest BCUT2D eigenvalue weighted by Gasteiger charge is 2.39. The van der Waals surface area contributed by atoms with Crippen LogP contribution in [0, 0.1) is 0 Å². The highest BCUT2D eigenvalue weighted by Crippen LogP contribution is 2.29. The Morgan fingerprint density at radius 3 is 2.67 bits per heavy atom. The van der Waals surface area contributed by atoms with Gasteiger partial charge in [0.2, 0.25) is 11.8 Å². The van der Waals surface area contributed by atoms with E-state index < -0.39 is 6.04 Å². The van der Waals surface area contributed by atoms with Crippen molar-refractivity contribution in [3.63, 3.8) is 0 Å². The van der Waals surface area contributed by atoms with E-state index in [2.05, 4.69) is 22.8 Å². The number of nitrogens with two attached hydrogens (primary N) is 1. The Labute approximate surface area is 175 Å². The molecule has 30 heavy (non-hydrogen) atoms. The van der Waals surface area contributed by atoms with Crippen molar-refractivity contribution in [2.24, 2.45) is 5.73 Å². The van der Waals surface area contributed by atoms with Crippen molar-refractivity contribution in [1.29, 1.82) is 0 Å². The van der Waals surface area contributed by atoms with Gasteiger partial charge in [0.1, 0.15) is 6.04 Å². The van der Waals surface area contributed by atoms with Crippen LogP contribution >= 0.6 is 0 Å². The summed E-state index contributed by atoms with van der Waals surface area (Å²) >= 11 is 0. The molecule has 4 N–H and O–H groups in total. The van der Waals surface area contributed by atoms with Gasteiger partial charge in [-0.2, -0.15) is 0 Å². The van der Waals surface area contributed by atoms with E-state index in [1.54, 1.807) is 4.90 Å². The summed E-state index contributed by atoms with van der Waals surface area (Å²) in [4.78, 5) is 38.3. The molecule has 1 fully saturated rings. The Bertz CT molecular complexity index is 960. The number of imide groups is 1. The molecular formula is C23H26N4O3. The number of hydrogen-bond donors (Lipinski definition) is 3. The molecule has 2 atom stereocenters. The standard InChI is InChI=1S/C23H26N4O3/c24-18(11-15-5-2-1-3-6-15)13-25-12-16-7-4-8-17-14-27(23(30)21(16)17)19-9-10-20(28)26-22(19)29/h1-8,18-19,25H,9-14,24H2,(H,26,28,29)/t18-,19?/m0/s1. The first-order chi connectivity index (χ1) is 14.5. The van der Waals surface area contributed by atoms with Crippen LogP contribution < -0.4 is 16.4 Å². The summed E-state index contributed by atoms with van der Waals surface area (Å²) in [5.74, 6) is -0.818. The van der Waals surface area contributed by atoms with E-state index in [1.807, 2.05) is 36.4 Å². The molecule has 7 heteroatoms. The summed E-state index contributed by atoms with van der Waals surface area (Å²) < 4.78 is 0. The fourth-order valence-corrected chi connectivity index (χ4v) is 4.22. The molecule has 0 bridgehead atoms. The van der Waals surface area contributed by atoms with Gasteiger partial charge in [0.05, 0.1) is 0 Å². The smallest absolute Gasteiger partial charge is 0.255 e. The lowest BCUT2D eigenvalue weighted by Gasteiger charge is -2.29. The number of hydrogen-bond acceptors (Lipinski definition) is 5. The van der Waals surface area contributed by atoms with E-state index in [9.17, 15) is 14.4 Å². The Kier molecular flexibility index (Phi) is 5.92. The first-order valence-electron chi connectivity index (χ1n) is 10.3. The molecule has 0 saturated carbocycles. The second-order valence-corrected chi connectivity index (χ2v) is 7.93. The SMILES string of the molecule is N[C@H](CNCc1cccc2c1C(=O)N(C1CCC(=O)NC1=O)C2)Cc1ccccc1. The van der Waals surface area contributed by atoms with Crippen LogP contribution in [0.2, 0.25) is 0 Å². The molecule has 3 amide bonds. The van der Waals surface area contributed by atoms with Gasteiger partial charge in [0, 0.05) is 37.7 Å². The van der Waals surface area contributed by atoms with E-state index in [1.165, 1.54) is 5.56 Å². The Balaban J connectivity index is 1.38. The molecule has 0 radical (unpaired) electrons. The van der Waals surface area contributed by atoms with Gasteiger partial charge < -0.3 is 16.0 Å². The zero-order valence-electron chi connectivity index (χ0n) is 16.8. The van der Waals surface area contributed by atoms with Crippen LogP contribution in [-0.4, -0.2) is 41.2 Å². The van der Waals surface area contributed by atoms with Crippen LogP contribution in [0.25, 0.3) is 0 Å². The highest BCUT2D eigenvalue weighted by atomic mass is 16.2. The van der Waals surface area contributed by atoms with Crippen LogP contribution in [0.15, 0.2) is 48.5 Å². The molecule has 4 rings (SSSR count). The van der Waals surface area contributed by atoms with Gasteiger partial charge in [-0.3, -0.25) is 19.7 Å². The normalized spacial score (nSPS) is 19.6. The third-order valence-electron chi connectivity index (χ3n) is 5.70. The Hall–Kier alpha value is -3.03. The van der Waals surface area contributed by atoms with Crippen LogP contribution in [0.5, 0.6) is 0 Å². The minimum absolute atomic E-state index is 0.0279. The molecule has 0 spiro atoms. The second-order valence-electron chi connectivity index (χ2n) is 7.93. The summed E-state index contributed by atoms with van der Waals surface area (Å²) in [5, 5.41) is 5.70. The van der Waals surface area contributed by atoms with Crippen molar-refractivity contribution in [1.82, 2.24) is 15.5 Å². The molecule has 2 aliphatic heterocycles. The summed E-state index contributed by atoms with van der Waals surface area (Å²) in [7, 11) is 0. The first kappa shape index (κ1) is 20.3. The number of fused-ring (bicyclic) bond motifs is 1. The predicted molar refractivity (Wildman–Crippen MR) is 112 cm³/mol. The molecule has 7 nitrogen and oxygen atoms in total. The van der Waals surface area contributed by atoms with Crippen molar-refractivity contribution in [3.8, 4) is 0 Å². The minimum atomic E-state index is -0.595. The molecule has 2 aliphatic rings. The van der Waals surface area contributed by atoms with Gasteiger partial charge in [-0.05, 0) is 29.5 Å². The number of nitrogens with one attached hydrogen (secondary N) is 2. The monoisotopic (exact) mass is 406 g/mol. The van der Waals surface area contributed by atoms with E-state index >= 15 is 0 Å². The first-order valence-corrected chi connectivity index (χ1v) is 10.3. The number of carbonyl (C=O) groups excluding carboxylic acids is 3. The predicted octanol–water partition coefficient (Wildman–Crippen LogP) is 1.11. The lowest BCUT2D eigenvalue weighted by atomic mass is 10.0. The van der Waals surface area contributed by atoms with Crippen LogP contribution in [0.1, 0.15) is 39.9 Å².